The van der Waals surface area contributed by atoms with Gasteiger partial charge in [-0.05, 0) is 29.2 Å². The highest BCUT2D eigenvalue weighted by Gasteiger charge is 2.23. The molecule has 3 heterocycles. The molecule has 0 N–H and O–H groups in total. The molecule has 0 radical (unpaired) electrons. The van der Waals surface area contributed by atoms with Crippen molar-refractivity contribution in [3.05, 3.63) is 91.8 Å². The molecule has 1 aliphatic rings. The molecule has 0 fully saturated rings. The normalized spacial score (nSPS) is 14.4. The van der Waals surface area contributed by atoms with Crippen LogP contribution in [0.1, 0.15) is 17.8 Å². The fourth-order valence-corrected chi connectivity index (χ4v) is 4.65. The van der Waals surface area contributed by atoms with E-state index in [-0.39, 0.29) is 11.2 Å². The van der Waals surface area contributed by atoms with Gasteiger partial charge in [0.1, 0.15) is 10.7 Å². The second kappa shape index (κ2) is 6.79. The Balaban J connectivity index is 1.64. The Kier molecular flexibility index (Phi) is 4.10. The SMILES string of the molecule is O=c1c2c(-c3ccccc3)csc2nc2n1CC/C2=C\c1cccc([N+](=O)[O-])c1. The van der Waals surface area contributed by atoms with Gasteiger partial charge in [-0.2, -0.15) is 0 Å². The zero-order chi connectivity index (χ0) is 20.0. The van der Waals surface area contributed by atoms with Crippen LogP contribution in [0, 0.1) is 10.1 Å². The third-order valence-electron chi connectivity index (χ3n) is 5.09. The Bertz CT molecular complexity index is 1350. The van der Waals surface area contributed by atoms with Crippen LogP contribution in [0.25, 0.3) is 33.0 Å². The summed E-state index contributed by atoms with van der Waals surface area (Å²) in [6.07, 6.45) is 2.55. The largest absolute Gasteiger partial charge is 0.292 e. The summed E-state index contributed by atoms with van der Waals surface area (Å²) < 4.78 is 1.71. The molecular formula is C22H15N3O3S. The maximum absolute atomic E-state index is 13.2. The average molecular weight is 401 g/mol. The predicted molar refractivity (Wildman–Crippen MR) is 115 cm³/mol. The molecule has 4 aromatic rings. The lowest BCUT2D eigenvalue weighted by Gasteiger charge is -2.05. The third-order valence-corrected chi connectivity index (χ3v) is 5.96. The van der Waals surface area contributed by atoms with E-state index in [1.165, 1.54) is 23.5 Å². The van der Waals surface area contributed by atoms with Crippen LogP contribution < -0.4 is 5.56 Å². The summed E-state index contributed by atoms with van der Waals surface area (Å²) in [5, 5.41) is 13.7. The molecule has 2 aromatic heterocycles. The van der Waals surface area contributed by atoms with Crippen LogP contribution in [0.3, 0.4) is 0 Å². The molecule has 0 saturated heterocycles. The van der Waals surface area contributed by atoms with E-state index in [9.17, 15) is 14.9 Å². The Hall–Kier alpha value is -3.58. The van der Waals surface area contributed by atoms with Crippen molar-refractivity contribution in [3.63, 3.8) is 0 Å². The van der Waals surface area contributed by atoms with E-state index in [2.05, 4.69) is 0 Å². The minimum absolute atomic E-state index is 0.0347. The topological polar surface area (TPSA) is 78.0 Å². The fourth-order valence-electron chi connectivity index (χ4n) is 3.72. The minimum Gasteiger partial charge on any atom is -0.292 e. The first-order valence-electron chi connectivity index (χ1n) is 9.14. The van der Waals surface area contributed by atoms with Gasteiger partial charge in [0.2, 0.25) is 0 Å². The number of thiophene rings is 1. The average Bonchev–Trinajstić information content (AvgIpc) is 3.34. The van der Waals surface area contributed by atoms with E-state index in [0.717, 1.165) is 22.3 Å². The zero-order valence-corrected chi connectivity index (χ0v) is 16.1. The minimum atomic E-state index is -0.409. The Labute approximate surface area is 169 Å². The lowest BCUT2D eigenvalue weighted by atomic mass is 10.1. The summed E-state index contributed by atoms with van der Waals surface area (Å²) in [6.45, 7) is 0.557. The van der Waals surface area contributed by atoms with Crippen LogP contribution in [0.5, 0.6) is 0 Å². The van der Waals surface area contributed by atoms with Crippen LogP contribution in [0.2, 0.25) is 0 Å². The van der Waals surface area contributed by atoms with Gasteiger partial charge in [0.15, 0.2) is 0 Å². The number of benzene rings is 2. The number of non-ortho nitro benzene ring substituents is 1. The van der Waals surface area contributed by atoms with Gasteiger partial charge in [-0.25, -0.2) is 4.98 Å². The molecule has 0 bridgehead atoms. The molecule has 0 saturated carbocycles. The molecule has 0 spiro atoms. The van der Waals surface area contributed by atoms with Crippen molar-refractivity contribution < 1.29 is 4.92 Å². The molecule has 0 aliphatic carbocycles. The van der Waals surface area contributed by atoms with Gasteiger partial charge in [-0.15, -0.1) is 11.3 Å². The molecule has 0 atom stereocenters. The van der Waals surface area contributed by atoms with E-state index >= 15 is 0 Å². The molecule has 7 heteroatoms. The Morgan fingerprint density at radius 1 is 1.14 bits per heavy atom. The van der Waals surface area contributed by atoms with Crippen molar-refractivity contribution in [1.82, 2.24) is 9.55 Å². The number of nitro groups is 1. The summed E-state index contributed by atoms with van der Waals surface area (Å²) in [6, 6.07) is 16.3. The summed E-state index contributed by atoms with van der Waals surface area (Å²) in [5.41, 5.74) is 3.57. The third kappa shape index (κ3) is 2.96. The van der Waals surface area contributed by atoms with Gasteiger partial charge in [0.05, 0.1) is 10.3 Å². The highest BCUT2D eigenvalue weighted by Crippen LogP contribution is 2.34. The van der Waals surface area contributed by atoms with E-state index < -0.39 is 4.92 Å². The van der Waals surface area contributed by atoms with Crippen molar-refractivity contribution in [2.24, 2.45) is 0 Å². The summed E-state index contributed by atoms with van der Waals surface area (Å²) in [5.74, 6) is 0.649. The van der Waals surface area contributed by atoms with Crippen molar-refractivity contribution in [2.75, 3.05) is 0 Å². The smallest absolute Gasteiger partial charge is 0.270 e. The number of rotatable bonds is 3. The van der Waals surface area contributed by atoms with E-state index in [4.69, 9.17) is 4.98 Å². The maximum atomic E-state index is 13.2. The van der Waals surface area contributed by atoms with Gasteiger partial charge >= 0.3 is 0 Å². The molecule has 0 unspecified atom stereocenters. The number of allylic oxidation sites excluding steroid dienone is 1. The van der Waals surface area contributed by atoms with Crippen molar-refractivity contribution in [3.8, 4) is 11.1 Å². The van der Waals surface area contributed by atoms with Crippen molar-refractivity contribution in [2.45, 2.75) is 13.0 Å². The number of hydrogen-bond acceptors (Lipinski definition) is 5. The van der Waals surface area contributed by atoms with Crippen molar-refractivity contribution in [1.29, 1.82) is 0 Å². The first kappa shape index (κ1) is 17.5. The molecule has 6 nitrogen and oxygen atoms in total. The lowest BCUT2D eigenvalue weighted by molar-refractivity contribution is -0.384. The van der Waals surface area contributed by atoms with Gasteiger partial charge in [0.25, 0.3) is 11.2 Å². The number of nitro benzene ring substituents is 1. The van der Waals surface area contributed by atoms with Crippen LogP contribution >= 0.6 is 11.3 Å². The van der Waals surface area contributed by atoms with Gasteiger partial charge in [0, 0.05) is 29.6 Å². The van der Waals surface area contributed by atoms with Crippen LogP contribution in [-0.2, 0) is 6.54 Å². The van der Waals surface area contributed by atoms with Gasteiger partial charge < -0.3 is 0 Å². The number of hydrogen-bond donors (Lipinski definition) is 0. The van der Waals surface area contributed by atoms with Gasteiger partial charge in [-0.3, -0.25) is 19.5 Å². The highest BCUT2D eigenvalue weighted by molar-refractivity contribution is 7.17. The first-order valence-corrected chi connectivity index (χ1v) is 10.0. The molecule has 2 aromatic carbocycles. The molecule has 5 rings (SSSR count). The number of aromatic nitrogens is 2. The second-order valence-electron chi connectivity index (χ2n) is 6.86. The first-order chi connectivity index (χ1) is 14.1. The molecule has 29 heavy (non-hydrogen) atoms. The molecule has 0 amide bonds. The lowest BCUT2D eigenvalue weighted by Crippen LogP contribution is -2.20. The zero-order valence-electron chi connectivity index (χ0n) is 15.2. The molecule has 1 aliphatic heterocycles. The van der Waals surface area contributed by atoms with Crippen LogP contribution in [-0.4, -0.2) is 14.5 Å². The standard InChI is InChI=1S/C22H15N3O3S/c26-22-19-18(15-6-2-1-3-7-15)13-29-21(19)23-20-16(9-10-24(20)22)11-14-5-4-8-17(12-14)25(27)28/h1-8,11-13H,9-10H2/b16-11+. The Morgan fingerprint density at radius 2 is 1.97 bits per heavy atom. The second-order valence-corrected chi connectivity index (χ2v) is 7.72. The van der Waals surface area contributed by atoms with E-state index in [1.54, 1.807) is 10.6 Å². The van der Waals surface area contributed by atoms with Crippen LogP contribution in [0.15, 0.2) is 64.8 Å². The number of nitrogens with zero attached hydrogens (tertiary/aromatic N) is 3. The monoisotopic (exact) mass is 401 g/mol. The number of fused-ring (bicyclic) bond motifs is 2. The van der Waals surface area contributed by atoms with Gasteiger partial charge in [-0.1, -0.05) is 42.5 Å². The summed E-state index contributed by atoms with van der Waals surface area (Å²) >= 11 is 1.46. The molecular weight excluding hydrogens is 386 g/mol. The maximum Gasteiger partial charge on any atom is 0.270 e. The van der Waals surface area contributed by atoms with E-state index in [1.807, 2.05) is 47.9 Å². The predicted octanol–water partition coefficient (Wildman–Crippen LogP) is 4.98. The highest BCUT2D eigenvalue weighted by atomic mass is 32.1. The summed E-state index contributed by atoms with van der Waals surface area (Å²) in [7, 11) is 0. The van der Waals surface area contributed by atoms with Crippen LogP contribution in [0.4, 0.5) is 5.69 Å². The van der Waals surface area contributed by atoms with Crippen molar-refractivity contribution >= 4 is 38.9 Å². The quantitative estimate of drug-likeness (QED) is 0.358. The summed E-state index contributed by atoms with van der Waals surface area (Å²) in [4.78, 5) is 29.3. The molecule has 142 valence electrons. The fraction of sp³-hybridized carbons (Fsp3) is 0.0909. The van der Waals surface area contributed by atoms with E-state index in [0.29, 0.717) is 29.0 Å². The Morgan fingerprint density at radius 3 is 2.76 bits per heavy atom.